The number of rotatable bonds is 3. The van der Waals surface area contributed by atoms with Gasteiger partial charge in [-0.2, -0.15) is 8.78 Å². The van der Waals surface area contributed by atoms with Gasteiger partial charge in [0.2, 0.25) is 0 Å². The normalized spacial score (nSPS) is 24.9. The van der Waals surface area contributed by atoms with Crippen molar-refractivity contribution in [3.05, 3.63) is 0 Å². The predicted molar refractivity (Wildman–Crippen MR) is 46.2 cm³/mol. The first-order chi connectivity index (χ1) is 6.83. The molecule has 1 rings (SSSR count). The summed E-state index contributed by atoms with van der Waals surface area (Å²) in [6.07, 6.45) is -3.48. The number of alkyl halides is 4. The molecule has 0 aromatic carbocycles. The van der Waals surface area contributed by atoms with E-state index in [2.05, 4.69) is 0 Å². The third-order valence-electron chi connectivity index (χ3n) is 2.51. The van der Waals surface area contributed by atoms with E-state index in [1.165, 1.54) is 4.90 Å². The monoisotopic (exact) mass is 227 g/mol. The quantitative estimate of drug-likeness (QED) is 0.685. The lowest BCUT2D eigenvalue weighted by Gasteiger charge is -2.32. The third-order valence-corrected chi connectivity index (χ3v) is 2.51. The Hall–Kier alpha value is -0.650. The van der Waals surface area contributed by atoms with Crippen LogP contribution < -0.4 is 0 Å². The SMILES string of the molecule is CC1CN(CC(F)(F)C(F)F)CCC1=O. The first-order valence-electron chi connectivity index (χ1n) is 4.74. The largest absolute Gasteiger partial charge is 0.319 e. The summed E-state index contributed by atoms with van der Waals surface area (Å²) in [5.74, 6) is -4.32. The minimum Gasteiger partial charge on any atom is -0.299 e. The Labute approximate surface area is 85.2 Å². The van der Waals surface area contributed by atoms with Gasteiger partial charge in [0.15, 0.2) is 0 Å². The average molecular weight is 227 g/mol. The van der Waals surface area contributed by atoms with Crippen LogP contribution >= 0.6 is 0 Å². The molecule has 0 spiro atoms. The second-order valence-electron chi connectivity index (χ2n) is 3.91. The molecule has 1 unspecified atom stereocenters. The second-order valence-corrected chi connectivity index (χ2v) is 3.91. The Morgan fingerprint density at radius 2 is 2.13 bits per heavy atom. The number of Topliss-reactive ketones (excluding diaryl/α,β-unsaturated/α-hetero) is 1. The van der Waals surface area contributed by atoms with Gasteiger partial charge in [0.25, 0.3) is 0 Å². The second kappa shape index (κ2) is 4.47. The maximum Gasteiger partial charge on any atom is 0.319 e. The zero-order chi connectivity index (χ0) is 11.6. The van der Waals surface area contributed by atoms with E-state index in [0.29, 0.717) is 0 Å². The number of hydrogen-bond acceptors (Lipinski definition) is 2. The van der Waals surface area contributed by atoms with E-state index in [9.17, 15) is 22.4 Å². The lowest BCUT2D eigenvalue weighted by molar-refractivity contribution is -0.148. The fraction of sp³-hybridized carbons (Fsp3) is 0.889. The molecule has 1 fully saturated rings. The van der Waals surface area contributed by atoms with Gasteiger partial charge in [-0.05, 0) is 0 Å². The molecule has 0 aliphatic carbocycles. The minimum absolute atomic E-state index is 0.00612. The standard InChI is InChI=1S/C9H13F4NO/c1-6-4-14(3-2-7(6)15)5-9(12,13)8(10)11/h6,8H,2-5H2,1H3. The maximum atomic E-state index is 12.7. The number of halogens is 4. The van der Waals surface area contributed by atoms with Crippen molar-refractivity contribution in [2.45, 2.75) is 25.7 Å². The van der Waals surface area contributed by atoms with E-state index in [1.54, 1.807) is 6.92 Å². The first-order valence-corrected chi connectivity index (χ1v) is 4.74. The molecule has 0 N–H and O–H groups in total. The van der Waals surface area contributed by atoms with Gasteiger partial charge >= 0.3 is 12.3 Å². The molecule has 88 valence electrons. The molecule has 1 saturated heterocycles. The van der Waals surface area contributed by atoms with E-state index in [1.807, 2.05) is 0 Å². The summed E-state index contributed by atoms with van der Waals surface area (Å²) in [5, 5.41) is 0. The van der Waals surface area contributed by atoms with Crippen LogP contribution in [-0.4, -0.2) is 42.7 Å². The molecule has 0 amide bonds. The highest BCUT2D eigenvalue weighted by Gasteiger charge is 2.43. The number of nitrogens with zero attached hydrogens (tertiary/aromatic N) is 1. The highest BCUT2D eigenvalue weighted by molar-refractivity contribution is 5.81. The van der Waals surface area contributed by atoms with Crippen molar-refractivity contribution in [3.8, 4) is 0 Å². The van der Waals surface area contributed by atoms with Crippen LogP contribution in [-0.2, 0) is 4.79 Å². The van der Waals surface area contributed by atoms with Crippen molar-refractivity contribution in [1.29, 1.82) is 0 Å². The van der Waals surface area contributed by atoms with Gasteiger partial charge in [-0.15, -0.1) is 0 Å². The van der Waals surface area contributed by atoms with Crippen LogP contribution in [0.2, 0.25) is 0 Å². The van der Waals surface area contributed by atoms with Crippen molar-refractivity contribution < 1.29 is 22.4 Å². The van der Waals surface area contributed by atoms with Crippen molar-refractivity contribution >= 4 is 5.78 Å². The zero-order valence-electron chi connectivity index (χ0n) is 8.35. The summed E-state index contributed by atoms with van der Waals surface area (Å²) in [4.78, 5) is 12.3. The molecular formula is C9H13F4NO. The highest BCUT2D eigenvalue weighted by atomic mass is 19.3. The molecule has 1 heterocycles. The van der Waals surface area contributed by atoms with Crippen LogP contribution in [0.25, 0.3) is 0 Å². The van der Waals surface area contributed by atoms with Gasteiger partial charge < -0.3 is 0 Å². The number of carbonyl (C=O) groups excluding carboxylic acids is 1. The Balaban J connectivity index is 2.50. The fourth-order valence-corrected chi connectivity index (χ4v) is 1.61. The number of piperidine rings is 1. The van der Waals surface area contributed by atoms with E-state index < -0.39 is 18.9 Å². The van der Waals surface area contributed by atoms with Gasteiger partial charge in [-0.25, -0.2) is 8.78 Å². The molecule has 0 aromatic heterocycles. The predicted octanol–water partition coefficient (Wildman–Crippen LogP) is 1.80. The van der Waals surface area contributed by atoms with Gasteiger partial charge in [-0.3, -0.25) is 9.69 Å². The summed E-state index contributed by atoms with van der Waals surface area (Å²) in [6.45, 7) is 0.934. The van der Waals surface area contributed by atoms with Crippen LogP contribution in [0.4, 0.5) is 17.6 Å². The van der Waals surface area contributed by atoms with E-state index in [4.69, 9.17) is 0 Å². The minimum atomic E-state index is -3.99. The maximum absolute atomic E-state index is 12.7. The lowest BCUT2D eigenvalue weighted by atomic mass is 9.98. The van der Waals surface area contributed by atoms with Gasteiger partial charge in [0.05, 0.1) is 6.54 Å². The van der Waals surface area contributed by atoms with Gasteiger partial charge in [-0.1, -0.05) is 6.92 Å². The molecule has 2 nitrogen and oxygen atoms in total. The number of likely N-dealkylation sites (tertiary alicyclic amines) is 1. The van der Waals surface area contributed by atoms with Crippen LogP contribution in [0.15, 0.2) is 0 Å². The summed E-state index contributed by atoms with van der Waals surface area (Å²) < 4.78 is 49.2. The molecular weight excluding hydrogens is 214 g/mol. The van der Waals surface area contributed by atoms with E-state index in [-0.39, 0.29) is 31.2 Å². The van der Waals surface area contributed by atoms with Gasteiger partial charge in [0, 0.05) is 25.4 Å². The molecule has 0 saturated carbocycles. The summed E-state index contributed by atoms with van der Waals surface area (Å²) in [5.41, 5.74) is 0. The Bertz CT molecular complexity index is 244. The molecule has 6 heteroatoms. The molecule has 1 aliphatic heterocycles. The van der Waals surface area contributed by atoms with Crippen LogP contribution in [0.1, 0.15) is 13.3 Å². The van der Waals surface area contributed by atoms with Crippen molar-refractivity contribution in [2.75, 3.05) is 19.6 Å². The Kier molecular flexibility index (Phi) is 3.70. The van der Waals surface area contributed by atoms with E-state index in [0.717, 1.165) is 0 Å². The fourth-order valence-electron chi connectivity index (χ4n) is 1.61. The Morgan fingerprint density at radius 3 is 2.60 bits per heavy atom. The Morgan fingerprint density at radius 1 is 1.53 bits per heavy atom. The van der Waals surface area contributed by atoms with Crippen molar-refractivity contribution in [2.24, 2.45) is 5.92 Å². The molecule has 1 atom stereocenters. The average Bonchev–Trinajstić information content (AvgIpc) is 2.10. The third kappa shape index (κ3) is 3.15. The number of ketones is 1. The summed E-state index contributed by atoms with van der Waals surface area (Å²) in [7, 11) is 0. The smallest absolute Gasteiger partial charge is 0.299 e. The topological polar surface area (TPSA) is 20.3 Å². The zero-order valence-corrected chi connectivity index (χ0v) is 8.35. The van der Waals surface area contributed by atoms with Crippen LogP contribution in [0.3, 0.4) is 0 Å². The number of hydrogen-bond donors (Lipinski definition) is 0. The summed E-state index contributed by atoms with van der Waals surface area (Å²) in [6, 6.07) is 0. The molecule has 1 aliphatic rings. The van der Waals surface area contributed by atoms with Crippen molar-refractivity contribution in [1.82, 2.24) is 4.90 Å². The van der Waals surface area contributed by atoms with E-state index >= 15 is 0 Å². The first kappa shape index (κ1) is 12.4. The highest BCUT2D eigenvalue weighted by Crippen LogP contribution is 2.25. The van der Waals surface area contributed by atoms with Gasteiger partial charge in [0.1, 0.15) is 5.78 Å². The lowest BCUT2D eigenvalue weighted by Crippen LogP contribution is -2.47. The van der Waals surface area contributed by atoms with Crippen LogP contribution in [0.5, 0.6) is 0 Å². The molecule has 0 bridgehead atoms. The number of carbonyl (C=O) groups is 1. The van der Waals surface area contributed by atoms with Crippen LogP contribution in [0, 0.1) is 5.92 Å². The molecule has 0 aromatic rings. The molecule has 0 radical (unpaired) electrons. The molecule has 15 heavy (non-hydrogen) atoms. The van der Waals surface area contributed by atoms with Crippen molar-refractivity contribution in [3.63, 3.8) is 0 Å². The summed E-state index contributed by atoms with van der Waals surface area (Å²) >= 11 is 0.